The van der Waals surface area contributed by atoms with Gasteiger partial charge >= 0.3 is 0 Å². The lowest BCUT2D eigenvalue weighted by atomic mass is 10.1. The van der Waals surface area contributed by atoms with Gasteiger partial charge in [0.25, 0.3) is 0 Å². The second-order valence-electron chi connectivity index (χ2n) is 4.27. The topological polar surface area (TPSA) is 27.6 Å². The molecule has 3 heteroatoms. The number of hydrogen-bond acceptors (Lipinski definition) is 1. The lowest BCUT2D eigenvalue weighted by molar-refractivity contribution is 0.477. The van der Waals surface area contributed by atoms with E-state index in [0.29, 0.717) is 6.54 Å². The molecule has 0 bridgehead atoms. The first-order valence-electron chi connectivity index (χ1n) is 6.33. The monoisotopic (exact) mass is 245 g/mol. The van der Waals surface area contributed by atoms with Gasteiger partial charge < -0.3 is 10.2 Å². The van der Waals surface area contributed by atoms with Gasteiger partial charge in [0.1, 0.15) is 0 Å². The highest BCUT2D eigenvalue weighted by molar-refractivity contribution is 5.79. The molecule has 0 unspecified atom stereocenters. The quantitative estimate of drug-likeness (QED) is 0.490. The smallest absolute Gasteiger partial charge is 0.194 e. The number of hydrogen-bond donors (Lipinski definition) is 1. The SMILES string of the molecule is C=CCN=C(NCC)N(C)Cc1ccccc1C. The number of aryl methyl sites for hydroxylation is 1. The van der Waals surface area contributed by atoms with Crippen LogP contribution in [0.3, 0.4) is 0 Å². The van der Waals surface area contributed by atoms with Crippen molar-refractivity contribution in [2.45, 2.75) is 20.4 Å². The Hall–Kier alpha value is -1.77. The maximum Gasteiger partial charge on any atom is 0.194 e. The van der Waals surface area contributed by atoms with Gasteiger partial charge in [-0.3, -0.25) is 0 Å². The molecule has 0 atom stereocenters. The number of rotatable bonds is 5. The fourth-order valence-electron chi connectivity index (χ4n) is 1.74. The summed E-state index contributed by atoms with van der Waals surface area (Å²) in [4.78, 5) is 6.61. The van der Waals surface area contributed by atoms with Gasteiger partial charge in [-0.2, -0.15) is 0 Å². The Morgan fingerprint density at radius 2 is 2.17 bits per heavy atom. The highest BCUT2D eigenvalue weighted by atomic mass is 15.3. The van der Waals surface area contributed by atoms with E-state index in [2.05, 4.69) is 66.9 Å². The molecule has 0 aliphatic carbocycles. The molecule has 1 aromatic rings. The second-order valence-corrected chi connectivity index (χ2v) is 4.27. The number of nitrogens with zero attached hydrogens (tertiary/aromatic N) is 2. The molecule has 1 N–H and O–H groups in total. The molecule has 0 aliphatic rings. The highest BCUT2D eigenvalue weighted by Gasteiger charge is 2.07. The largest absolute Gasteiger partial charge is 0.357 e. The van der Waals surface area contributed by atoms with Crippen LogP contribution in [0.5, 0.6) is 0 Å². The van der Waals surface area contributed by atoms with Crippen LogP contribution in [-0.2, 0) is 6.54 Å². The summed E-state index contributed by atoms with van der Waals surface area (Å²) in [7, 11) is 2.05. The predicted octanol–water partition coefficient (Wildman–Crippen LogP) is 2.58. The van der Waals surface area contributed by atoms with Crippen molar-refractivity contribution in [2.75, 3.05) is 20.1 Å². The molecule has 0 aliphatic heterocycles. The third-order valence-corrected chi connectivity index (χ3v) is 2.74. The number of guanidine groups is 1. The van der Waals surface area contributed by atoms with E-state index >= 15 is 0 Å². The van der Waals surface area contributed by atoms with Crippen molar-refractivity contribution >= 4 is 5.96 Å². The van der Waals surface area contributed by atoms with E-state index in [0.717, 1.165) is 19.0 Å². The molecule has 0 saturated carbocycles. The van der Waals surface area contributed by atoms with Crippen molar-refractivity contribution in [2.24, 2.45) is 4.99 Å². The fraction of sp³-hybridized carbons (Fsp3) is 0.400. The van der Waals surface area contributed by atoms with Crippen LogP contribution in [0.1, 0.15) is 18.1 Å². The van der Waals surface area contributed by atoms with Gasteiger partial charge in [-0.1, -0.05) is 30.3 Å². The average Bonchev–Trinajstić information content (AvgIpc) is 2.37. The Morgan fingerprint density at radius 3 is 2.78 bits per heavy atom. The first kappa shape index (κ1) is 14.3. The van der Waals surface area contributed by atoms with Crippen molar-refractivity contribution in [1.29, 1.82) is 0 Å². The van der Waals surface area contributed by atoms with Crippen molar-refractivity contribution in [3.8, 4) is 0 Å². The van der Waals surface area contributed by atoms with E-state index in [1.54, 1.807) is 6.08 Å². The molecule has 0 spiro atoms. The number of aliphatic imine (C=N–C) groups is 1. The normalized spacial score (nSPS) is 11.2. The zero-order valence-corrected chi connectivity index (χ0v) is 11.6. The summed E-state index contributed by atoms with van der Waals surface area (Å²) in [5, 5.41) is 3.29. The van der Waals surface area contributed by atoms with Gasteiger partial charge in [-0.25, -0.2) is 4.99 Å². The molecule has 3 nitrogen and oxygen atoms in total. The van der Waals surface area contributed by atoms with Crippen LogP contribution in [0.4, 0.5) is 0 Å². The molecular weight excluding hydrogens is 222 g/mol. The molecule has 1 aromatic carbocycles. The minimum Gasteiger partial charge on any atom is -0.357 e. The van der Waals surface area contributed by atoms with E-state index < -0.39 is 0 Å². The van der Waals surface area contributed by atoms with Gasteiger partial charge in [0.2, 0.25) is 0 Å². The van der Waals surface area contributed by atoms with Gasteiger partial charge in [0, 0.05) is 20.1 Å². The molecule has 0 amide bonds. The van der Waals surface area contributed by atoms with Crippen molar-refractivity contribution < 1.29 is 0 Å². The summed E-state index contributed by atoms with van der Waals surface area (Å²) in [6, 6.07) is 8.43. The molecule has 0 heterocycles. The summed E-state index contributed by atoms with van der Waals surface area (Å²) >= 11 is 0. The lowest BCUT2D eigenvalue weighted by Gasteiger charge is -2.22. The van der Waals surface area contributed by atoms with E-state index in [1.807, 2.05) is 0 Å². The minimum atomic E-state index is 0.639. The van der Waals surface area contributed by atoms with Crippen LogP contribution in [0.15, 0.2) is 41.9 Å². The molecule has 0 radical (unpaired) electrons. The Balaban J connectivity index is 2.75. The molecular formula is C15H23N3. The first-order chi connectivity index (χ1) is 8.69. The summed E-state index contributed by atoms with van der Waals surface area (Å²) in [6.45, 7) is 10.3. The van der Waals surface area contributed by atoms with Crippen molar-refractivity contribution in [1.82, 2.24) is 10.2 Å². The molecule has 98 valence electrons. The third-order valence-electron chi connectivity index (χ3n) is 2.74. The zero-order chi connectivity index (χ0) is 13.4. The van der Waals surface area contributed by atoms with Crippen LogP contribution in [0.25, 0.3) is 0 Å². The first-order valence-corrected chi connectivity index (χ1v) is 6.33. The maximum atomic E-state index is 4.47. The van der Waals surface area contributed by atoms with Crippen LogP contribution >= 0.6 is 0 Å². The molecule has 0 fully saturated rings. The summed E-state index contributed by atoms with van der Waals surface area (Å²) in [5.41, 5.74) is 2.63. The van der Waals surface area contributed by atoms with Crippen molar-refractivity contribution in [3.05, 3.63) is 48.0 Å². The van der Waals surface area contributed by atoms with Gasteiger partial charge in [-0.15, -0.1) is 6.58 Å². The summed E-state index contributed by atoms with van der Waals surface area (Å²) < 4.78 is 0. The van der Waals surface area contributed by atoms with Crippen LogP contribution in [0.2, 0.25) is 0 Å². The van der Waals surface area contributed by atoms with Gasteiger partial charge in [0.15, 0.2) is 5.96 Å². The fourth-order valence-corrected chi connectivity index (χ4v) is 1.74. The molecule has 18 heavy (non-hydrogen) atoms. The van der Waals surface area contributed by atoms with Gasteiger partial charge in [-0.05, 0) is 25.0 Å². The molecule has 1 rings (SSSR count). The van der Waals surface area contributed by atoms with E-state index in [-0.39, 0.29) is 0 Å². The Morgan fingerprint density at radius 1 is 1.44 bits per heavy atom. The Labute approximate surface area is 110 Å². The standard InChI is InChI=1S/C15H23N3/c1-5-11-17-15(16-6-2)18(4)12-14-10-8-7-9-13(14)3/h5,7-10H,1,6,11-12H2,2-4H3,(H,16,17). The minimum absolute atomic E-state index is 0.639. The average molecular weight is 245 g/mol. The Kier molecular flexibility index (Phi) is 5.98. The van der Waals surface area contributed by atoms with E-state index in [1.165, 1.54) is 11.1 Å². The van der Waals surface area contributed by atoms with Crippen LogP contribution in [-0.4, -0.2) is 31.0 Å². The molecule has 0 saturated heterocycles. The molecule has 0 aromatic heterocycles. The Bertz CT molecular complexity index is 410. The van der Waals surface area contributed by atoms with Crippen LogP contribution < -0.4 is 5.32 Å². The predicted molar refractivity (Wildman–Crippen MR) is 78.8 cm³/mol. The maximum absolute atomic E-state index is 4.47. The number of nitrogens with one attached hydrogen (secondary N) is 1. The van der Waals surface area contributed by atoms with Crippen LogP contribution in [0, 0.1) is 6.92 Å². The third kappa shape index (κ3) is 4.24. The zero-order valence-electron chi connectivity index (χ0n) is 11.6. The van der Waals surface area contributed by atoms with Crippen molar-refractivity contribution in [3.63, 3.8) is 0 Å². The summed E-state index contributed by atoms with van der Waals surface area (Å²) in [5.74, 6) is 0.917. The summed E-state index contributed by atoms with van der Waals surface area (Å²) in [6.07, 6.45) is 1.80. The van der Waals surface area contributed by atoms with E-state index in [9.17, 15) is 0 Å². The van der Waals surface area contributed by atoms with Gasteiger partial charge in [0.05, 0.1) is 6.54 Å². The highest BCUT2D eigenvalue weighted by Crippen LogP contribution is 2.09. The van der Waals surface area contributed by atoms with E-state index in [4.69, 9.17) is 0 Å². The second kappa shape index (κ2) is 7.54. The lowest BCUT2D eigenvalue weighted by Crippen LogP contribution is -2.38. The number of benzene rings is 1.